The molecule has 0 aliphatic rings. The lowest BCUT2D eigenvalue weighted by molar-refractivity contribution is -0.384. The standard InChI is InChI=1S/C20H17N3O3/c1-2-9-21-17-8-7-15(23(24)25)12-16(17)20-22-18-10-13-5-3-4-6-14(13)11-19(18)26-20/h3-8,10-12,21H,2,9H2,1H3. The Balaban J connectivity index is 1.88. The Hall–Kier alpha value is -3.41. The Morgan fingerprint density at radius 3 is 2.62 bits per heavy atom. The number of benzene rings is 3. The van der Waals surface area contributed by atoms with Crippen molar-refractivity contribution < 1.29 is 9.34 Å². The molecule has 0 fully saturated rings. The van der Waals surface area contributed by atoms with Gasteiger partial charge in [0.25, 0.3) is 5.69 Å². The van der Waals surface area contributed by atoms with Gasteiger partial charge in [0, 0.05) is 24.4 Å². The van der Waals surface area contributed by atoms with Gasteiger partial charge >= 0.3 is 0 Å². The van der Waals surface area contributed by atoms with Gasteiger partial charge in [-0.25, -0.2) is 4.98 Å². The van der Waals surface area contributed by atoms with Gasteiger partial charge in [-0.3, -0.25) is 10.1 Å². The van der Waals surface area contributed by atoms with E-state index < -0.39 is 4.92 Å². The second-order valence-electron chi connectivity index (χ2n) is 6.10. The molecule has 1 aromatic heterocycles. The van der Waals surface area contributed by atoms with Crippen molar-refractivity contribution in [1.82, 2.24) is 4.98 Å². The van der Waals surface area contributed by atoms with E-state index in [9.17, 15) is 10.1 Å². The van der Waals surface area contributed by atoms with E-state index in [2.05, 4.69) is 17.2 Å². The smallest absolute Gasteiger partial charge is 0.270 e. The molecule has 1 N–H and O–H groups in total. The van der Waals surface area contributed by atoms with E-state index in [1.807, 2.05) is 36.4 Å². The minimum atomic E-state index is -0.413. The molecule has 0 unspecified atom stereocenters. The van der Waals surface area contributed by atoms with Crippen molar-refractivity contribution in [2.24, 2.45) is 0 Å². The molecule has 6 heteroatoms. The van der Waals surface area contributed by atoms with Crippen LogP contribution >= 0.6 is 0 Å². The average molecular weight is 347 g/mol. The van der Waals surface area contributed by atoms with Crippen LogP contribution in [-0.4, -0.2) is 16.5 Å². The van der Waals surface area contributed by atoms with Crippen molar-refractivity contribution in [3.05, 3.63) is 64.7 Å². The molecule has 0 radical (unpaired) electrons. The highest BCUT2D eigenvalue weighted by atomic mass is 16.6. The first kappa shape index (κ1) is 16.1. The molecule has 0 aliphatic carbocycles. The minimum absolute atomic E-state index is 0.00876. The van der Waals surface area contributed by atoms with E-state index in [4.69, 9.17) is 4.42 Å². The Labute approximate surface area is 149 Å². The number of fused-ring (bicyclic) bond motifs is 2. The van der Waals surface area contributed by atoms with Gasteiger partial charge in [-0.15, -0.1) is 0 Å². The summed E-state index contributed by atoms with van der Waals surface area (Å²) in [6, 6.07) is 16.6. The largest absolute Gasteiger partial charge is 0.436 e. The summed E-state index contributed by atoms with van der Waals surface area (Å²) in [7, 11) is 0. The topological polar surface area (TPSA) is 81.2 Å². The monoisotopic (exact) mass is 347 g/mol. The van der Waals surface area contributed by atoms with Gasteiger partial charge in [-0.2, -0.15) is 0 Å². The number of rotatable bonds is 5. The number of oxazole rings is 1. The zero-order valence-corrected chi connectivity index (χ0v) is 14.2. The van der Waals surface area contributed by atoms with Crippen LogP contribution in [0.4, 0.5) is 11.4 Å². The molecule has 4 aromatic rings. The number of hydrogen-bond donors (Lipinski definition) is 1. The van der Waals surface area contributed by atoms with E-state index in [0.717, 1.165) is 34.9 Å². The van der Waals surface area contributed by atoms with Crippen molar-refractivity contribution in [2.45, 2.75) is 13.3 Å². The van der Waals surface area contributed by atoms with Crippen molar-refractivity contribution in [3.8, 4) is 11.5 Å². The third-order valence-electron chi connectivity index (χ3n) is 4.27. The summed E-state index contributed by atoms with van der Waals surface area (Å²) in [5, 5.41) is 16.6. The first-order chi connectivity index (χ1) is 12.7. The van der Waals surface area contributed by atoms with Gasteiger partial charge in [0.2, 0.25) is 5.89 Å². The Bertz CT molecular complexity index is 1070. The van der Waals surface area contributed by atoms with Crippen LogP contribution in [0.1, 0.15) is 13.3 Å². The van der Waals surface area contributed by atoms with Crippen LogP contribution < -0.4 is 5.32 Å². The molecule has 0 saturated carbocycles. The number of aromatic nitrogens is 1. The molecule has 4 rings (SSSR count). The van der Waals surface area contributed by atoms with Crippen LogP contribution in [0.5, 0.6) is 0 Å². The van der Waals surface area contributed by atoms with Gasteiger partial charge in [0.1, 0.15) is 5.52 Å². The van der Waals surface area contributed by atoms with E-state index in [0.29, 0.717) is 17.0 Å². The number of non-ortho nitro benzene ring substituents is 1. The second-order valence-corrected chi connectivity index (χ2v) is 6.10. The van der Waals surface area contributed by atoms with Crippen LogP contribution in [0.25, 0.3) is 33.3 Å². The van der Waals surface area contributed by atoms with Gasteiger partial charge in [-0.1, -0.05) is 31.2 Å². The molecule has 6 nitrogen and oxygen atoms in total. The Morgan fingerprint density at radius 1 is 1.12 bits per heavy atom. The fourth-order valence-electron chi connectivity index (χ4n) is 2.96. The predicted molar refractivity (Wildman–Crippen MR) is 102 cm³/mol. The predicted octanol–water partition coefficient (Wildman–Crippen LogP) is 5.38. The first-order valence-electron chi connectivity index (χ1n) is 8.47. The molecule has 0 saturated heterocycles. The van der Waals surface area contributed by atoms with E-state index in [1.165, 1.54) is 12.1 Å². The van der Waals surface area contributed by atoms with Gasteiger partial charge in [0.05, 0.1) is 10.5 Å². The fraction of sp³-hybridized carbons (Fsp3) is 0.150. The highest BCUT2D eigenvalue weighted by molar-refractivity contribution is 5.95. The highest BCUT2D eigenvalue weighted by Crippen LogP contribution is 2.34. The lowest BCUT2D eigenvalue weighted by Crippen LogP contribution is -2.02. The van der Waals surface area contributed by atoms with Crippen molar-refractivity contribution in [1.29, 1.82) is 0 Å². The van der Waals surface area contributed by atoms with Crippen molar-refractivity contribution in [2.75, 3.05) is 11.9 Å². The summed E-state index contributed by atoms with van der Waals surface area (Å²) in [6.45, 7) is 2.82. The molecular formula is C20H17N3O3. The summed E-state index contributed by atoms with van der Waals surface area (Å²) < 4.78 is 5.94. The van der Waals surface area contributed by atoms with E-state index in [1.54, 1.807) is 6.07 Å². The maximum Gasteiger partial charge on any atom is 0.270 e. The number of anilines is 1. The molecule has 0 aliphatic heterocycles. The number of nitro groups is 1. The summed E-state index contributed by atoms with van der Waals surface area (Å²) in [6.07, 6.45) is 0.940. The third kappa shape index (κ3) is 2.86. The summed E-state index contributed by atoms with van der Waals surface area (Å²) >= 11 is 0. The third-order valence-corrected chi connectivity index (χ3v) is 4.27. The highest BCUT2D eigenvalue weighted by Gasteiger charge is 2.17. The fourth-order valence-corrected chi connectivity index (χ4v) is 2.96. The summed E-state index contributed by atoms with van der Waals surface area (Å²) in [5.74, 6) is 0.373. The second kappa shape index (κ2) is 6.48. The van der Waals surface area contributed by atoms with Crippen LogP contribution in [0.3, 0.4) is 0 Å². The van der Waals surface area contributed by atoms with E-state index in [-0.39, 0.29) is 5.69 Å². The SMILES string of the molecule is CCCNc1ccc([N+](=O)[O-])cc1-c1nc2cc3ccccc3cc2o1. The molecule has 130 valence electrons. The number of nitrogens with zero attached hydrogens (tertiary/aromatic N) is 2. The number of hydrogen-bond acceptors (Lipinski definition) is 5. The maximum absolute atomic E-state index is 11.2. The molecule has 0 bridgehead atoms. The van der Waals surface area contributed by atoms with Crippen LogP contribution in [0, 0.1) is 10.1 Å². The molecule has 0 amide bonds. The van der Waals surface area contributed by atoms with Crippen molar-refractivity contribution in [3.63, 3.8) is 0 Å². The van der Waals surface area contributed by atoms with E-state index >= 15 is 0 Å². The number of nitrogens with one attached hydrogen (secondary N) is 1. The zero-order valence-electron chi connectivity index (χ0n) is 14.2. The van der Waals surface area contributed by atoms with Crippen LogP contribution in [-0.2, 0) is 0 Å². The molecule has 0 spiro atoms. The quantitative estimate of drug-likeness (QED) is 0.387. The maximum atomic E-state index is 11.2. The summed E-state index contributed by atoms with van der Waals surface area (Å²) in [4.78, 5) is 15.3. The first-order valence-corrected chi connectivity index (χ1v) is 8.47. The van der Waals surface area contributed by atoms with Gasteiger partial charge in [0.15, 0.2) is 5.58 Å². The zero-order chi connectivity index (χ0) is 18.1. The molecular weight excluding hydrogens is 330 g/mol. The lowest BCUT2D eigenvalue weighted by Gasteiger charge is -2.08. The van der Waals surface area contributed by atoms with Gasteiger partial charge < -0.3 is 9.73 Å². The lowest BCUT2D eigenvalue weighted by atomic mass is 10.1. The van der Waals surface area contributed by atoms with Crippen LogP contribution in [0.2, 0.25) is 0 Å². The summed E-state index contributed by atoms with van der Waals surface area (Å²) in [5.41, 5.74) is 2.76. The Morgan fingerprint density at radius 2 is 1.88 bits per heavy atom. The average Bonchev–Trinajstić information content (AvgIpc) is 3.06. The normalized spacial score (nSPS) is 11.1. The molecule has 0 atom stereocenters. The van der Waals surface area contributed by atoms with Crippen LogP contribution in [0.15, 0.2) is 59.0 Å². The minimum Gasteiger partial charge on any atom is -0.436 e. The van der Waals surface area contributed by atoms with Crippen molar-refractivity contribution >= 4 is 33.2 Å². The molecule has 26 heavy (non-hydrogen) atoms. The molecule has 3 aromatic carbocycles. The Kier molecular flexibility index (Phi) is 4.01. The number of nitro benzene ring substituents is 1. The van der Waals surface area contributed by atoms with Gasteiger partial charge in [-0.05, 0) is 35.4 Å². The molecule has 1 heterocycles.